The van der Waals surface area contributed by atoms with Crippen LogP contribution in [0.25, 0.3) is 10.9 Å². The molecule has 3 N–H and O–H groups in total. The number of carbonyl (C=O) groups is 1. The molecule has 0 spiro atoms. The summed E-state index contributed by atoms with van der Waals surface area (Å²) in [7, 11) is 0. The lowest BCUT2D eigenvalue weighted by molar-refractivity contribution is 0.0994. The number of primary amides is 1. The van der Waals surface area contributed by atoms with Gasteiger partial charge in [0, 0.05) is 30.0 Å². The van der Waals surface area contributed by atoms with Crippen LogP contribution in [-0.2, 0) is 6.42 Å². The maximum absolute atomic E-state index is 11.4. The summed E-state index contributed by atoms with van der Waals surface area (Å²) in [6.07, 6.45) is 11.4. The predicted octanol–water partition coefficient (Wildman–Crippen LogP) is 4.72. The predicted molar refractivity (Wildman–Crippen MR) is 114 cm³/mol. The minimum atomic E-state index is -0.440. The van der Waals surface area contributed by atoms with E-state index in [1.165, 1.54) is 24.6 Å². The van der Waals surface area contributed by atoms with Crippen molar-refractivity contribution >= 4 is 22.5 Å². The molecule has 0 fully saturated rings. The van der Waals surface area contributed by atoms with Gasteiger partial charge in [0.15, 0.2) is 0 Å². The van der Waals surface area contributed by atoms with E-state index in [2.05, 4.69) is 21.4 Å². The molecular formula is C23H28N4O. The second-order valence-corrected chi connectivity index (χ2v) is 7.05. The Kier molecular flexibility index (Phi) is 7.36. The lowest BCUT2D eigenvalue weighted by Gasteiger charge is -2.09. The summed E-state index contributed by atoms with van der Waals surface area (Å²) >= 11 is 0. The molecule has 0 atom stereocenters. The van der Waals surface area contributed by atoms with E-state index in [-0.39, 0.29) is 0 Å². The summed E-state index contributed by atoms with van der Waals surface area (Å²) in [6.45, 7) is 0.978. The number of pyridine rings is 2. The fraction of sp³-hybridized carbons (Fsp3) is 0.348. The number of anilines is 1. The lowest BCUT2D eigenvalue weighted by Crippen LogP contribution is -2.15. The largest absolute Gasteiger partial charge is 0.384 e. The molecule has 0 bridgehead atoms. The molecule has 2 aromatic heterocycles. The number of nitrogens with one attached hydrogen (secondary N) is 1. The minimum Gasteiger partial charge on any atom is -0.384 e. The SMILES string of the molecule is NC(=O)c1ncccc1CCCCCCCCNc1ccnc2ccccc12. The number of carbonyl (C=O) groups excluding carboxylic acids is 1. The van der Waals surface area contributed by atoms with Crippen LogP contribution < -0.4 is 11.1 Å². The summed E-state index contributed by atoms with van der Waals surface area (Å²) in [4.78, 5) is 19.9. The Bertz CT molecular complexity index is 905. The summed E-state index contributed by atoms with van der Waals surface area (Å²) in [5.74, 6) is -0.440. The van der Waals surface area contributed by atoms with Crippen molar-refractivity contribution < 1.29 is 4.79 Å². The van der Waals surface area contributed by atoms with Crippen LogP contribution >= 0.6 is 0 Å². The van der Waals surface area contributed by atoms with Crippen LogP contribution in [0.3, 0.4) is 0 Å². The number of unbranched alkanes of at least 4 members (excludes halogenated alkanes) is 5. The Hall–Kier alpha value is -2.95. The van der Waals surface area contributed by atoms with Crippen LogP contribution in [0, 0.1) is 0 Å². The number of rotatable bonds is 11. The summed E-state index contributed by atoms with van der Waals surface area (Å²) in [5, 5.41) is 4.71. The Labute approximate surface area is 166 Å². The molecule has 1 aromatic carbocycles. The Balaban J connectivity index is 1.29. The van der Waals surface area contributed by atoms with Gasteiger partial charge in [0.25, 0.3) is 5.91 Å². The van der Waals surface area contributed by atoms with E-state index in [1.54, 1.807) is 6.20 Å². The molecule has 0 saturated heterocycles. The summed E-state index contributed by atoms with van der Waals surface area (Å²) in [6, 6.07) is 14.1. The third kappa shape index (κ3) is 5.52. The molecule has 5 heteroatoms. The van der Waals surface area contributed by atoms with Crippen molar-refractivity contribution in [3.63, 3.8) is 0 Å². The quantitative estimate of drug-likeness (QED) is 0.474. The van der Waals surface area contributed by atoms with Gasteiger partial charge in [-0.25, -0.2) is 0 Å². The third-order valence-electron chi connectivity index (χ3n) is 4.96. The first-order chi connectivity index (χ1) is 13.8. The van der Waals surface area contributed by atoms with Gasteiger partial charge in [-0.05, 0) is 43.0 Å². The number of nitrogens with two attached hydrogens (primary N) is 1. The Morgan fingerprint density at radius 2 is 1.64 bits per heavy atom. The average Bonchev–Trinajstić information content (AvgIpc) is 2.73. The highest BCUT2D eigenvalue weighted by atomic mass is 16.1. The molecule has 5 nitrogen and oxygen atoms in total. The highest BCUT2D eigenvalue weighted by Gasteiger charge is 2.08. The number of hydrogen-bond acceptors (Lipinski definition) is 4. The number of fused-ring (bicyclic) bond motifs is 1. The number of benzene rings is 1. The van der Waals surface area contributed by atoms with Gasteiger partial charge in [-0.15, -0.1) is 0 Å². The van der Waals surface area contributed by atoms with Gasteiger partial charge in [-0.3, -0.25) is 14.8 Å². The average molecular weight is 377 g/mol. The van der Waals surface area contributed by atoms with Gasteiger partial charge in [-0.2, -0.15) is 0 Å². The Morgan fingerprint density at radius 1 is 0.857 bits per heavy atom. The Morgan fingerprint density at radius 3 is 2.50 bits per heavy atom. The fourth-order valence-corrected chi connectivity index (χ4v) is 3.48. The van der Waals surface area contributed by atoms with Crippen molar-refractivity contribution in [1.82, 2.24) is 9.97 Å². The van der Waals surface area contributed by atoms with Crippen LogP contribution in [0.5, 0.6) is 0 Å². The van der Waals surface area contributed by atoms with Crippen LogP contribution in [0.2, 0.25) is 0 Å². The van der Waals surface area contributed by atoms with Crippen molar-refractivity contribution in [2.45, 2.75) is 44.9 Å². The van der Waals surface area contributed by atoms with E-state index in [0.717, 1.165) is 49.0 Å². The van der Waals surface area contributed by atoms with E-state index in [0.29, 0.717) is 5.69 Å². The number of hydrogen-bond donors (Lipinski definition) is 2. The zero-order chi connectivity index (χ0) is 19.6. The third-order valence-corrected chi connectivity index (χ3v) is 4.96. The molecule has 3 aromatic rings. The van der Waals surface area contributed by atoms with E-state index in [9.17, 15) is 4.79 Å². The topological polar surface area (TPSA) is 80.9 Å². The van der Waals surface area contributed by atoms with Gasteiger partial charge in [-0.1, -0.05) is 49.9 Å². The van der Waals surface area contributed by atoms with Crippen LogP contribution in [0.15, 0.2) is 54.9 Å². The number of nitrogens with zero attached hydrogens (tertiary/aromatic N) is 2. The maximum Gasteiger partial charge on any atom is 0.267 e. The van der Waals surface area contributed by atoms with Crippen LogP contribution in [0.1, 0.15) is 54.6 Å². The monoisotopic (exact) mass is 376 g/mol. The molecule has 146 valence electrons. The standard InChI is InChI=1S/C23H28N4O/c24-23(28)22-18(11-9-16-27-22)10-5-3-1-2-4-8-15-25-21-14-17-26-20-13-7-6-12-19(20)21/h6-7,9,11-14,16-17H,1-5,8,10,15H2,(H2,24,28)(H,25,26). The molecule has 2 heterocycles. The van der Waals surface area contributed by atoms with Gasteiger partial charge < -0.3 is 11.1 Å². The first-order valence-electron chi connectivity index (χ1n) is 10.1. The lowest BCUT2D eigenvalue weighted by atomic mass is 10.0. The normalized spacial score (nSPS) is 10.9. The molecule has 0 unspecified atom stereocenters. The zero-order valence-corrected chi connectivity index (χ0v) is 16.2. The molecule has 0 saturated carbocycles. The van der Waals surface area contributed by atoms with E-state index in [4.69, 9.17) is 5.73 Å². The highest BCUT2D eigenvalue weighted by Crippen LogP contribution is 2.21. The number of aryl methyl sites for hydroxylation is 1. The molecule has 0 aliphatic carbocycles. The van der Waals surface area contributed by atoms with Crippen molar-refractivity contribution in [3.05, 3.63) is 66.1 Å². The van der Waals surface area contributed by atoms with E-state index < -0.39 is 5.91 Å². The van der Waals surface area contributed by atoms with Crippen molar-refractivity contribution in [2.24, 2.45) is 5.73 Å². The van der Waals surface area contributed by atoms with E-state index >= 15 is 0 Å². The first-order valence-corrected chi connectivity index (χ1v) is 10.1. The smallest absolute Gasteiger partial charge is 0.267 e. The van der Waals surface area contributed by atoms with E-state index in [1.807, 2.05) is 42.6 Å². The zero-order valence-electron chi connectivity index (χ0n) is 16.2. The van der Waals surface area contributed by atoms with Gasteiger partial charge in [0.2, 0.25) is 0 Å². The minimum absolute atomic E-state index is 0.414. The molecule has 28 heavy (non-hydrogen) atoms. The second-order valence-electron chi connectivity index (χ2n) is 7.05. The van der Waals surface area contributed by atoms with Gasteiger partial charge >= 0.3 is 0 Å². The molecule has 0 aliphatic heterocycles. The molecular weight excluding hydrogens is 348 g/mol. The highest BCUT2D eigenvalue weighted by molar-refractivity contribution is 5.92. The van der Waals surface area contributed by atoms with Crippen LogP contribution in [-0.4, -0.2) is 22.4 Å². The fourth-order valence-electron chi connectivity index (χ4n) is 3.48. The number of para-hydroxylation sites is 1. The van der Waals surface area contributed by atoms with Gasteiger partial charge in [0.05, 0.1) is 5.52 Å². The molecule has 1 amide bonds. The maximum atomic E-state index is 11.4. The summed E-state index contributed by atoms with van der Waals surface area (Å²) in [5.41, 5.74) is 8.94. The van der Waals surface area contributed by atoms with Crippen LogP contribution in [0.4, 0.5) is 5.69 Å². The molecule has 0 aliphatic rings. The van der Waals surface area contributed by atoms with Crippen molar-refractivity contribution in [1.29, 1.82) is 0 Å². The number of aromatic nitrogens is 2. The van der Waals surface area contributed by atoms with Crippen molar-refractivity contribution in [3.8, 4) is 0 Å². The van der Waals surface area contributed by atoms with Gasteiger partial charge in [0.1, 0.15) is 5.69 Å². The number of amides is 1. The molecule has 0 radical (unpaired) electrons. The summed E-state index contributed by atoms with van der Waals surface area (Å²) < 4.78 is 0. The first kappa shape index (κ1) is 19.8. The second kappa shape index (κ2) is 10.4. The molecule has 3 rings (SSSR count). The van der Waals surface area contributed by atoms with Crippen molar-refractivity contribution in [2.75, 3.05) is 11.9 Å².